The van der Waals surface area contributed by atoms with Crippen LogP contribution in [0.2, 0.25) is 0 Å². The number of amides is 1. The maximum Gasteiger partial charge on any atom is 0.307 e. The molecule has 1 aromatic heterocycles. The first-order valence-corrected chi connectivity index (χ1v) is 5.97. The van der Waals surface area contributed by atoms with E-state index in [9.17, 15) is 9.59 Å². The Bertz CT molecular complexity index is 409. The monoisotopic (exact) mass is 300 g/mol. The minimum absolute atomic E-state index is 0.168. The highest BCUT2D eigenvalue weighted by atomic mass is 79.9. The molecule has 0 saturated heterocycles. The van der Waals surface area contributed by atoms with Gasteiger partial charge in [-0.3, -0.25) is 14.6 Å². The average molecular weight is 301 g/mol. The maximum absolute atomic E-state index is 11.6. The number of pyridine rings is 1. The molecule has 0 aliphatic heterocycles. The lowest BCUT2D eigenvalue weighted by atomic mass is 10.2. The van der Waals surface area contributed by atoms with Gasteiger partial charge in [-0.05, 0) is 28.9 Å². The number of carbonyl (C=O) groups is 2. The molecule has 1 N–H and O–H groups in total. The first kappa shape index (κ1) is 13.6. The molecule has 1 amide bonds. The number of carbonyl (C=O) groups excluding carboxylic acids is 2. The van der Waals surface area contributed by atoms with Gasteiger partial charge in [-0.1, -0.05) is 0 Å². The molecule has 0 atom stereocenters. The van der Waals surface area contributed by atoms with Gasteiger partial charge >= 0.3 is 5.97 Å². The number of ether oxygens (including phenoxy) is 1. The normalized spacial score (nSPS) is 9.76. The van der Waals surface area contributed by atoms with Crippen molar-refractivity contribution in [3.8, 4) is 0 Å². The Morgan fingerprint density at radius 3 is 2.88 bits per heavy atom. The van der Waals surface area contributed by atoms with Crippen LogP contribution in [0.5, 0.6) is 0 Å². The van der Waals surface area contributed by atoms with Gasteiger partial charge in [0.25, 0.3) is 5.91 Å². The zero-order chi connectivity index (χ0) is 12.7. The van der Waals surface area contributed by atoms with Crippen molar-refractivity contribution in [3.63, 3.8) is 0 Å². The summed E-state index contributed by atoms with van der Waals surface area (Å²) in [5, 5.41) is 2.61. The fourth-order valence-electron chi connectivity index (χ4n) is 1.15. The van der Waals surface area contributed by atoms with Gasteiger partial charge in [0.1, 0.15) is 0 Å². The Morgan fingerprint density at radius 1 is 1.47 bits per heavy atom. The molecule has 0 aromatic carbocycles. The minimum atomic E-state index is -0.319. The second kappa shape index (κ2) is 7.01. The summed E-state index contributed by atoms with van der Waals surface area (Å²) < 4.78 is 5.47. The molecule has 0 bridgehead atoms. The van der Waals surface area contributed by atoms with E-state index >= 15 is 0 Å². The van der Waals surface area contributed by atoms with E-state index < -0.39 is 0 Å². The van der Waals surface area contributed by atoms with Crippen LogP contribution in [0.15, 0.2) is 22.9 Å². The first-order chi connectivity index (χ1) is 8.13. The average Bonchev–Trinajstić information content (AvgIpc) is 2.29. The number of hydrogen-bond acceptors (Lipinski definition) is 4. The first-order valence-electron chi connectivity index (χ1n) is 5.18. The van der Waals surface area contributed by atoms with Crippen LogP contribution in [0, 0.1) is 0 Å². The molecule has 1 rings (SSSR count). The molecular formula is C11H13BrN2O3. The second-order valence-corrected chi connectivity index (χ2v) is 4.12. The van der Waals surface area contributed by atoms with Crippen LogP contribution in [0.25, 0.3) is 0 Å². The van der Waals surface area contributed by atoms with E-state index in [4.69, 9.17) is 4.74 Å². The third-order valence-electron chi connectivity index (χ3n) is 1.89. The van der Waals surface area contributed by atoms with Crippen LogP contribution in [0.3, 0.4) is 0 Å². The number of halogens is 1. The molecule has 92 valence electrons. The van der Waals surface area contributed by atoms with E-state index in [-0.39, 0.29) is 24.8 Å². The summed E-state index contributed by atoms with van der Waals surface area (Å²) in [5.74, 6) is -0.580. The summed E-state index contributed by atoms with van der Waals surface area (Å²) in [6, 6.07) is 1.66. The zero-order valence-corrected chi connectivity index (χ0v) is 11.0. The molecule has 0 radical (unpaired) electrons. The Morgan fingerprint density at radius 2 is 2.24 bits per heavy atom. The summed E-state index contributed by atoms with van der Waals surface area (Å²) in [7, 11) is 0. The van der Waals surface area contributed by atoms with Crippen molar-refractivity contribution in [3.05, 3.63) is 28.5 Å². The summed E-state index contributed by atoms with van der Waals surface area (Å²) >= 11 is 3.23. The van der Waals surface area contributed by atoms with Crippen LogP contribution >= 0.6 is 15.9 Å². The highest BCUT2D eigenvalue weighted by Crippen LogP contribution is 2.09. The van der Waals surface area contributed by atoms with Gasteiger partial charge in [0, 0.05) is 23.4 Å². The quantitative estimate of drug-likeness (QED) is 0.837. The predicted octanol–water partition coefficient (Wildman–Crippen LogP) is 1.53. The van der Waals surface area contributed by atoms with Crippen LogP contribution in [0.4, 0.5) is 0 Å². The van der Waals surface area contributed by atoms with Crippen molar-refractivity contribution in [1.29, 1.82) is 0 Å². The van der Waals surface area contributed by atoms with E-state index in [0.717, 1.165) is 4.47 Å². The second-order valence-electron chi connectivity index (χ2n) is 3.20. The Kier molecular flexibility index (Phi) is 5.62. The molecule has 6 heteroatoms. The largest absolute Gasteiger partial charge is 0.466 e. The highest BCUT2D eigenvalue weighted by Gasteiger charge is 2.07. The molecule has 0 unspecified atom stereocenters. The summed E-state index contributed by atoms with van der Waals surface area (Å²) in [5.41, 5.74) is 0.447. The number of nitrogens with one attached hydrogen (secondary N) is 1. The minimum Gasteiger partial charge on any atom is -0.466 e. The predicted molar refractivity (Wildman–Crippen MR) is 65.5 cm³/mol. The fraction of sp³-hybridized carbons (Fsp3) is 0.364. The smallest absolute Gasteiger partial charge is 0.307 e. The van der Waals surface area contributed by atoms with Gasteiger partial charge in [0.15, 0.2) is 0 Å². The summed E-state index contributed by atoms with van der Waals surface area (Å²) in [6.45, 7) is 2.34. The van der Waals surface area contributed by atoms with Crippen molar-refractivity contribution >= 4 is 27.8 Å². The van der Waals surface area contributed by atoms with Gasteiger partial charge in [0.2, 0.25) is 0 Å². The molecule has 0 aliphatic carbocycles. The van der Waals surface area contributed by atoms with Gasteiger partial charge < -0.3 is 10.1 Å². The van der Waals surface area contributed by atoms with Crippen LogP contribution < -0.4 is 5.32 Å². The Hall–Kier alpha value is -1.43. The van der Waals surface area contributed by atoms with E-state index in [0.29, 0.717) is 12.2 Å². The zero-order valence-electron chi connectivity index (χ0n) is 9.40. The number of hydrogen-bond donors (Lipinski definition) is 1. The van der Waals surface area contributed by atoms with Crippen molar-refractivity contribution in [2.45, 2.75) is 13.3 Å². The lowest BCUT2D eigenvalue weighted by Gasteiger charge is -2.05. The van der Waals surface area contributed by atoms with Crippen molar-refractivity contribution in [1.82, 2.24) is 10.3 Å². The molecule has 1 heterocycles. The maximum atomic E-state index is 11.6. The van der Waals surface area contributed by atoms with Crippen molar-refractivity contribution < 1.29 is 14.3 Å². The van der Waals surface area contributed by atoms with Crippen LogP contribution in [-0.4, -0.2) is 30.0 Å². The summed E-state index contributed by atoms with van der Waals surface area (Å²) in [4.78, 5) is 26.5. The van der Waals surface area contributed by atoms with Crippen molar-refractivity contribution in [2.75, 3.05) is 13.2 Å². The third-order valence-corrected chi connectivity index (χ3v) is 2.32. The van der Waals surface area contributed by atoms with Gasteiger partial charge in [0.05, 0.1) is 18.6 Å². The summed E-state index contributed by atoms with van der Waals surface area (Å²) in [6.07, 6.45) is 3.22. The standard InChI is InChI=1S/C11H13BrN2O3/c1-2-17-10(15)3-4-14-11(16)8-5-9(12)7-13-6-8/h5-7H,2-4H2,1H3,(H,14,16). The highest BCUT2D eigenvalue weighted by molar-refractivity contribution is 9.10. The number of esters is 1. The number of rotatable bonds is 5. The third kappa shape index (κ3) is 4.95. The fourth-order valence-corrected chi connectivity index (χ4v) is 1.51. The Balaban J connectivity index is 2.38. The molecule has 0 fully saturated rings. The molecule has 0 saturated carbocycles. The lowest BCUT2D eigenvalue weighted by molar-refractivity contribution is -0.142. The molecule has 5 nitrogen and oxygen atoms in total. The Labute approximate surface area is 108 Å². The molecule has 0 spiro atoms. The number of aromatic nitrogens is 1. The lowest BCUT2D eigenvalue weighted by Crippen LogP contribution is -2.26. The SMILES string of the molecule is CCOC(=O)CCNC(=O)c1cncc(Br)c1. The van der Waals surface area contributed by atoms with Crippen LogP contribution in [0.1, 0.15) is 23.7 Å². The number of nitrogens with zero attached hydrogens (tertiary/aromatic N) is 1. The van der Waals surface area contributed by atoms with Gasteiger partial charge in [-0.15, -0.1) is 0 Å². The van der Waals surface area contributed by atoms with Crippen LogP contribution in [-0.2, 0) is 9.53 Å². The van der Waals surface area contributed by atoms with E-state index in [1.807, 2.05) is 0 Å². The molecular weight excluding hydrogens is 288 g/mol. The van der Waals surface area contributed by atoms with E-state index in [1.165, 1.54) is 6.20 Å². The van der Waals surface area contributed by atoms with E-state index in [1.54, 1.807) is 19.2 Å². The van der Waals surface area contributed by atoms with E-state index in [2.05, 4.69) is 26.2 Å². The molecule has 17 heavy (non-hydrogen) atoms. The molecule has 1 aromatic rings. The molecule has 0 aliphatic rings. The van der Waals surface area contributed by atoms with Gasteiger partial charge in [-0.25, -0.2) is 0 Å². The van der Waals surface area contributed by atoms with Gasteiger partial charge in [-0.2, -0.15) is 0 Å². The topological polar surface area (TPSA) is 68.3 Å². The van der Waals surface area contributed by atoms with Crippen molar-refractivity contribution in [2.24, 2.45) is 0 Å².